The Labute approximate surface area is 77.3 Å². The summed E-state index contributed by atoms with van der Waals surface area (Å²) < 4.78 is 10.4. The molecule has 5 heteroatoms. The topological polar surface area (TPSA) is 56.8 Å². The van der Waals surface area contributed by atoms with E-state index < -0.39 is 5.60 Å². The van der Waals surface area contributed by atoms with Gasteiger partial charge in [-0.2, -0.15) is 0 Å². The minimum Gasteiger partial charge on any atom is -0.381 e. The molecule has 1 fully saturated rings. The van der Waals surface area contributed by atoms with Crippen LogP contribution < -0.4 is 5.48 Å². The molecule has 0 radical (unpaired) electrons. The molecule has 0 spiro atoms. The fourth-order valence-corrected chi connectivity index (χ4v) is 1.41. The molecule has 0 aliphatic carbocycles. The van der Waals surface area contributed by atoms with E-state index in [4.69, 9.17) is 9.47 Å². The molecule has 1 N–H and O–H groups in total. The average Bonchev–Trinajstić information content (AvgIpc) is 2.19. The van der Waals surface area contributed by atoms with Crippen LogP contribution in [-0.2, 0) is 19.1 Å². The predicted octanol–water partition coefficient (Wildman–Crippen LogP) is -0.140. The van der Waals surface area contributed by atoms with Crippen molar-refractivity contribution < 1.29 is 19.1 Å². The van der Waals surface area contributed by atoms with Gasteiger partial charge in [-0.25, -0.2) is 5.48 Å². The maximum absolute atomic E-state index is 11.5. The lowest BCUT2D eigenvalue weighted by molar-refractivity contribution is -0.165. The summed E-state index contributed by atoms with van der Waals surface area (Å²) in [6.45, 7) is 1.09. The highest BCUT2D eigenvalue weighted by atomic mass is 16.6. The SMILES string of the molecule is CONC(=O)C1(OC)CCOCC1. The third-order valence-corrected chi connectivity index (χ3v) is 2.30. The van der Waals surface area contributed by atoms with Crippen molar-refractivity contribution in [2.45, 2.75) is 18.4 Å². The van der Waals surface area contributed by atoms with Crippen LogP contribution >= 0.6 is 0 Å². The van der Waals surface area contributed by atoms with Gasteiger partial charge in [0.05, 0.1) is 7.11 Å². The summed E-state index contributed by atoms with van der Waals surface area (Å²) in [5.41, 5.74) is 1.52. The Hall–Kier alpha value is -0.650. The first kappa shape index (κ1) is 10.4. The van der Waals surface area contributed by atoms with Crippen molar-refractivity contribution >= 4 is 5.91 Å². The summed E-state index contributed by atoms with van der Waals surface area (Å²) in [5, 5.41) is 0. The quantitative estimate of drug-likeness (QED) is 0.628. The molecule has 76 valence electrons. The Morgan fingerprint density at radius 3 is 2.46 bits per heavy atom. The van der Waals surface area contributed by atoms with E-state index in [1.165, 1.54) is 14.2 Å². The van der Waals surface area contributed by atoms with Crippen molar-refractivity contribution in [3.05, 3.63) is 0 Å². The molecule has 5 nitrogen and oxygen atoms in total. The van der Waals surface area contributed by atoms with Crippen LogP contribution in [0.3, 0.4) is 0 Å². The highest BCUT2D eigenvalue weighted by molar-refractivity contribution is 5.84. The summed E-state index contributed by atoms with van der Waals surface area (Å²) >= 11 is 0. The van der Waals surface area contributed by atoms with Gasteiger partial charge in [0.25, 0.3) is 5.91 Å². The van der Waals surface area contributed by atoms with Crippen LogP contribution in [0.1, 0.15) is 12.8 Å². The Balaban J connectivity index is 2.61. The maximum Gasteiger partial charge on any atom is 0.275 e. The van der Waals surface area contributed by atoms with Crippen molar-refractivity contribution in [3.8, 4) is 0 Å². The molecule has 1 aliphatic heterocycles. The first-order chi connectivity index (χ1) is 6.25. The summed E-state index contributed by atoms with van der Waals surface area (Å²) in [6.07, 6.45) is 1.14. The number of nitrogens with one attached hydrogen (secondary N) is 1. The third kappa shape index (κ3) is 2.18. The van der Waals surface area contributed by atoms with Gasteiger partial charge in [0.1, 0.15) is 0 Å². The molecule has 0 unspecified atom stereocenters. The lowest BCUT2D eigenvalue weighted by atomic mass is 9.93. The normalized spacial score (nSPS) is 21.1. The number of hydrogen-bond acceptors (Lipinski definition) is 4. The van der Waals surface area contributed by atoms with Crippen LogP contribution in [0.4, 0.5) is 0 Å². The molecule has 0 saturated carbocycles. The Kier molecular flexibility index (Phi) is 3.65. The van der Waals surface area contributed by atoms with E-state index in [1.54, 1.807) is 0 Å². The van der Waals surface area contributed by atoms with Crippen LogP contribution in [-0.4, -0.2) is 38.9 Å². The highest BCUT2D eigenvalue weighted by Gasteiger charge is 2.40. The largest absolute Gasteiger partial charge is 0.381 e. The second-order valence-corrected chi connectivity index (χ2v) is 2.95. The molecule has 1 aliphatic rings. The first-order valence-electron chi connectivity index (χ1n) is 4.21. The number of rotatable bonds is 3. The van der Waals surface area contributed by atoms with Gasteiger partial charge >= 0.3 is 0 Å². The van der Waals surface area contributed by atoms with Gasteiger partial charge in [-0.15, -0.1) is 0 Å². The number of carbonyl (C=O) groups excluding carboxylic acids is 1. The van der Waals surface area contributed by atoms with E-state index in [1.807, 2.05) is 0 Å². The fraction of sp³-hybridized carbons (Fsp3) is 0.875. The fourth-order valence-electron chi connectivity index (χ4n) is 1.41. The Bertz CT molecular complexity index is 177. The highest BCUT2D eigenvalue weighted by Crippen LogP contribution is 2.24. The van der Waals surface area contributed by atoms with Gasteiger partial charge in [-0.3, -0.25) is 9.63 Å². The number of hydroxylamine groups is 1. The van der Waals surface area contributed by atoms with E-state index in [0.29, 0.717) is 26.1 Å². The molecule has 1 heterocycles. The van der Waals surface area contributed by atoms with Gasteiger partial charge in [-0.1, -0.05) is 0 Å². The van der Waals surface area contributed by atoms with Gasteiger partial charge < -0.3 is 9.47 Å². The lowest BCUT2D eigenvalue weighted by Crippen LogP contribution is -2.51. The van der Waals surface area contributed by atoms with Crippen LogP contribution in [0.5, 0.6) is 0 Å². The van der Waals surface area contributed by atoms with Crippen LogP contribution in [0.15, 0.2) is 0 Å². The molecule has 0 aromatic heterocycles. The molecule has 0 bridgehead atoms. The van der Waals surface area contributed by atoms with E-state index >= 15 is 0 Å². The van der Waals surface area contributed by atoms with Crippen molar-refractivity contribution in [3.63, 3.8) is 0 Å². The van der Waals surface area contributed by atoms with E-state index in [2.05, 4.69) is 10.3 Å². The first-order valence-corrected chi connectivity index (χ1v) is 4.21. The van der Waals surface area contributed by atoms with Crippen LogP contribution in [0.2, 0.25) is 0 Å². The summed E-state index contributed by atoms with van der Waals surface area (Å²) in [5.74, 6) is -0.235. The number of ether oxygens (including phenoxy) is 2. The standard InChI is InChI=1S/C8H15NO4/c1-11-8(7(10)9-12-2)3-5-13-6-4-8/h3-6H2,1-2H3,(H,9,10). The molecular formula is C8H15NO4. The number of carbonyl (C=O) groups is 1. The zero-order valence-corrected chi connectivity index (χ0v) is 7.96. The molecule has 0 aromatic rings. The molecule has 0 atom stereocenters. The van der Waals surface area contributed by atoms with Gasteiger partial charge in [-0.05, 0) is 0 Å². The number of methoxy groups -OCH3 is 1. The van der Waals surface area contributed by atoms with E-state index in [9.17, 15) is 4.79 Å². The zero-order valence-electron chi connectivity index (χ0n) is 7.96. The van der Waals surface area contributed by atoms with Crippen molar-refractivity contribution in [2.24, 2.45) is 0 Å². The van der Waals surface area contributed by atoms with Crippen LogP contribution in [0.25, 0.3) is 0 Å². The molecule has 0 aromatic carbocycles. The maximum atomic E-state index is 11.5. The van der Waals surface area contributed by atoms with Gasteiger partial charge in [0.2, 0.25) is 0 Å². The smallest absolute Gasteiger partial charge is 0.275 e. The lowest BCUT2D eigenvalue weighted by Gasteiger charge is -2.33. The average molecular weight is 189 g/mol. The number of amides is 1. The summed E-state index contributed by atoms with van der Waals surface area (Å²) in [7, 11) is 2.93. The minimum absolute atomic E-state index is 0.235. The van der Waals surface area contributed by atoms with Crippen LogP contribution in [0, 0.1) is 0 Å². The molecule has 1 amide bonds. The van der Waals surface area contributed by atoms with E-state index in [0.717, 1.165) is 0 Å². The monoisotopic (exact) mass is 189 g/mol. The second-order valence-electron chi connectivity index (χ2n) is 2.95. The Morgan fingerprint density at radius 2 is 2.00 bits per heavy atom. The summed E-state index contributed by atoms with van der Waals surface area (Å²) in [4.78, 5) is 16.1. The van der Waals surface area contributed by atoms with Crippen molar-refractivity contribution in [1.29, 1.82) is 0 Å². The molecule has 13 heavy (non-hydrogen) atoms. The van der Waals surface area contributed by atoms with Gasteiger partial charge in [0, 0.05) is 33.2 Å². The minimum atomic E-state index is -0.770. The Morgan fingerprint density at radius 1 is 1.38 bits per heavy atom. The summed E-state index contributed by atoms with van der Waals surface area (Å²) in [6, 6.07) is 0. The van der Waals surface area contributed by atoms with E-state index in [-0.39, 0.29) is 5.91 Å². The number of hydrogen-bond donors (Lipinski definition) is 1. The van der Waals surface area contributed by atoms with Crippen molar-refractivity contribution in [1.82, 2.24) is 5.48 Å². The molecule has 1 rings (SSSR count). The molecule has 1 saturated heterocycles. The molecular weight excluding hydrogens is 174 g/mol. The predicted molar refractivity (Wildman–Crippen MR) is 44.9 cm³/mol. The second kappa shape index (κ2) is 4.55. The van der Waals surface area contributed by atoms with Crippen molar-refractivity contribution in [2.75, 3.05) is 27.4 Å². The van der Waals surface area contributed by atoms with Gasteiger partial charge in [0.15, 0.2) is 5.60 Å². The third-order valence-electron chi connectivity index (χ3n) is 2.30. The zero-order chi connectivity index (χ0) is 9.73.